The molecular weight excluding hydrogens is 200 g/mol. The second-order valence-corrected chi connectivity index (χ2v) is 3.48. The molecule has 16 heavy (non-hydrogen) atoms. The summed E-state index contributed by atoms with van der Waals surface area (Å²) < 4.78 is 5.05. The maximum atomic E-state index is 11.2. The molecule has 0 N–H and O–H groups in total. The van der Waals surface area contributed by atoms with Crippen molar-refractivity contribution in [3.05, 3.63) is 36.0 Å². The van der Waals surface area contributed by atoms with E-state index in [1.165, 1.54) is 0 Å². The fourth-order valence-corrected chi connectivity index (χ4v) is 1.01. The highest BCUT2D eigenvalue weighted by Crippen LogP contribution is 1.97. The zero-order chi connectivity index (χ0) is 12.2. The molecule has 2 nitrogen and oxygen atoms in total. The van der Waals surface area contributed by atoms with Crippen LogP contribution in [0.25, 0.3) is 0 Å². The van der Waals surface area contributed by atoms with Crippen LogP contribution >= 0.6 is 0 Å². The average Bonchev–Trinajstić information content (AvgIpc) is 2.31. The summed E-state index contributed by atoms with van der Waals surface area (Å²) in [4.78, 5) is 11.2. The molecule has 0 rings (SSSR count). The molecule has 0 aliphatic carbocycles. The van der Waals surface area contributed by atoms with Gasteiger partial charge in [-0.25, -0.2) is 4.79 Å². The molecule has 0 aromatic carbocycles. The first-order valence-electron chi connectivity index (χ1n) is 5.82. The summed E-state index contributed by atoms with van der Waals surface area (Å²) in [6.07, 6.45) is 13.0. The van der Waals surface area contributed by atoms with Gasteiger partial charge in [0.05, 0.1) is 6.61 Å². The second kappa shape index (κ2) is 10.2. The number of hydrogen-bond donors (Lipinski definition) is 0. The van der Waals surface area contributed by atoms with Crippen molar-refractivity contribution < 1.29 is 9.53 Å². The Labute approximate surface area is 98.7 Å². The van der Waals surface area contributed by atoms with Gasteiger partial charge in [-0.1, -0.05) is 37.3 Å². The van der Waals surface area contributed by atoms with Gasteiger partial charge >= 0.3 is 5.97 Å². The van der Waals surface area contributed by atoms with Crippen molar-refractivity contribution >= 4 is 5.97 Å². The Bertz CT molecular complexity index is 272. The molecule has 0 amide bonds. The van der Waals surface area contributed by atoms with Crippen molar-refractivity contribution in [2.45, 2.75) is 40.0 Å². The van der Waals surface area contributed by atoms with Gasteiger partial charge in [-0.3, -0.25) is 0 Å². The van der Waals surface area contributed by atoms with E-state index in [0.29, 0.717) is 12.2 Å². The van der Waals surface area contributed by atoms with Crippen LogP contribution in [0, 0.1) is 0 Å². The highest BCUT2D eigenvalue weighted by molar-refractivity contribution is 5.87. The minimum Gasteiger partial charge on any atom is -0.462 e. The Morgan fingerprint density at radius 1 is 1.19 bits per heavy atom. The van der Waals surface area contributed by atoms with Gasteiger partial charge in [0.15, 0.2) is 0 Å². The van der Waals surface area contributed by atoms with Gasteiger partial charge in [0.2, 0.25) is 0 Å². The molecule has 0 bridgehead atoms. The lowest BCUT2D eigenvalue weighted by molar-refractivity contribution is -0.138. The van der Waals surface area contributed by atoms with E-state index in [2.05, 4.69) is 25.2 Å². The summed E-state index contributed by atoms with van der Waals surface area (Å²) in [6.45, 7) is 6.16. The van der Waals surface area contributed by atoms with Gasteiger partial charge in [0.25, 0.3) is 0 Å². The first-order valence-corrected chi connectivity index (χ1v) is 5.82. The summed E-state index contributed by atoms with van der Waals surface area (Å²) >= 11 is 0. The molecule has 0 saturated heterocycles. The van der Waals surface area contributed by atoms with E-state index in [9.17, 15) is 4.79 Å². The summed E-state index contributed by atoms with van der Waals surface area (Å²) in [5, 5.41) is 0. The van der Waals surface area contributed by atoms with Gasteiger partial charge in [-0.15, -0.1) is 0 Å². The van der Waals surface area contributed by atoms with E-state index in [1.54, 1.807) is 13.0 Å². The summed E-state index contributed by atoms with van der Waals surface area (Å²) in [7, 11) is 0. The summed E-state index contributed by atoms with van der Waals surface area (Å²) in [5.74, 6) is -0.221. The van der Waals surface area contributed by atoms with Gasteiger partial charge in [0.1, 0.15) is 0 Å². The summed E-state index contributed by atoms with van der Waals surface area (Å²) in [6, 6.07) is 0. The molecule has 0 aromatic heterocycles. The van der Waals surface area contributed by atoms with E-state index in [4.69, 9.17) is 4.74 Å². The number of carbonyl (C=O) groups excluding carboxylic acids is 1. The largest absolute Gasteiger partial charge is 0.462 e. The van der Waals surface area contributed by atoms with E-state index in [-0.39, 0.29) is 5.97 Å². The van der Waals surface area contributed by atoms with Crippen molar-refractivity contribution in [2.24, 2.45) is 0 Å². The van der Waals surface area contributed by atoms with E-state index in [1.807, 2.05) is 13.0 Å². The Morgan fingerprint density at radius 2 is 1.88 bits per heavy atom. The first-order chi connectivity index (χ1) is 7.72. The van der Waals surface area contributed by atoms with Crippen LogP contribution in [0.3, 0.4) is 0 Å². The smallest absolute Gasteiger partial charge is 0.333 e. The van der Waals surface area contributed by atoms with Crippen molar-refractivity contribution in [2.75, 3.05) is 6.61 Å². The molecule has 0 atom stereocenters. The van der Waals surface area contributed by atoms with Crippen LogP contribution in [0.5, 0.6) is 0 Å². The maximum absolute atomic E-state index is 11.2. The normalized spacial score (nSPS) is 12.6. The van der Waals surface area contributed by atoms with Crippen molar-refractivity contribution in [3.8, 4) is 0 Å². The quantitative estimate of drug-likeness (QED) is 0.283. The molecule has 0 saturated carbocycles. The highest BCUT2D eigenvalue weighted by atomic mass is 16.5. The lowest BCUT2D eigenvalue weighted by atomic mass is 10.3. The summed E-state index contributed by atoms with van der Waals surface area (Å²) in [5.41, 5.74) is 0.662. The second-order valence-electron chi connectivity index (χ2n) is 3.48. The van der Waals surface area contributed by atoms with E-state index < -0.39 is 0 Å². The Kier molecular flexibility index (Phi) is 9.38. The topological polar surface area (TPSA) is 26.3 Å². The molecule has 0 fully saturated rings. The van der Waals surface area contributed by atoms with Gasteiger partial charge in [0, 0.05) is 5.57 Å². The standard InChI is InChI=1S/C14H22O2/c1-4-6-7-8-9-10-11-12-16-14(15)13(3)5-2/h5-7,9-10H,4,8,11-12H2,1-3H3/b7-6-,10-9+,13-5-. The molecule has 90 valence electrons. The van der Waals surface area contributed by atoms with Crippen molar-refractivity contribution in [1.29, 1.82) is 0 Å². The van der Waals surface area contributed by atoms with Crippen LogP contribution in [0.2, 0.25) is 0 Å². The monoisotopic (exact) mass is 222 g/mol. The number of ether oxygens (including phenoxy) is 1. The lowest BCUT2D eigenvalue weighted by Crippen LogP contribution is -2.06. The Hall–Kier alpha value is -1.31. The first kappa shape index (κ1) is 14.7. The van der Waals surface area contributed by atoms with Gasteiger partial charge in [-0.05, 0) is 33.1 Å². The predicted molar refractivity (Wildman–Crippen MR) is 68.2 cm³/mol. The van der Waals surface area contributed by atoms with Crippen LogP contribution in [0.15, 0.2) is 36.0 Å². The van der Waals surface area contributed by atoms with Crippen molar-refractivity contribution in [1.82, 2.24) is 0 Å². The van der Waals surface area contributed by atoms with Crippen LogP contribution in [-0.4, -0.2) is 12.6 Å². The molecule has 0 spiro atoms. The number of allylic oxidation sites excluding steroid dienone is 4. The molecule has 0 aromatic rings. The molecule has 0 unspecified atom stereocenters. The van der Waals surface area contributed by atoms with Crippen LogP contribution in [0.1, 0.15) is 40.0 Å². The third kappa shape index (κ3) is 8.04. The predicted octanol–water partition coefficient (Wildman–Crippen LogP) is 3.80. The number of hydrogen-bond acceptors (Lipinski definition) is 2. The number of carbonyl (C=O) groups is 1. The maximum Gasteiger partial charge on any atom is 0.333 e. The molecule has 0 aliphatic heterocycles. The van der Waals surface area contributed by atoms with Gasteiger partial charge < -0.3 is 4.74 Å². The SMILES string of the molecule is C/C=C(/C)C(=O)OCC/C=C/C/C=C\CC. The fraction of sp³-hybridized carbons (Fsp3) is 0.500. The third-order valence-corrected chi connectivity index (χ3v) is 2.11. The molecule has 2 heteroatoms. The molecular formula is C14H22O2. The van der Waals surface area contributed by atoms with E-state index >= 15 is 0 Å². The Morgan fingerprint density at radius 3 is 2.50 bits per heavy atom. The van der Waals surface area contributed by atoms with Crippen LogP contribution in [-0.2, 0) is 9.53 Å². The third-order valence-electron chi connectivity index (χ3n) is 2.11. The highest BCUT2D eigenvalue weighted by Gasteiger charge is 2.02. The van der Waals surface area contributed by atoms with Gasteiger partial charge in [-0.2, -0.15) is 0 Å². The lowest BCUT2D eigenvalue weighted by Gasteiger charge is -2.01. The zero-order valence-corrected chi connectivity index (χ0v) is 10.5. The number of rotatable bonds is 7. The van der Waals surface area contributed by atoms with E-state index in [0.717, 1.165) is 19.3 Å². The molecule has 0 heterocycles. The zero-order valence-electron chi connectivity index (χ0n) is 10.5. The van der Waals surface area contributed by atoms with Crippen LogP contribution in [0.4, 0.5) is 0 Å². The number of esters is 1. The minimum absolute atomic E-state index is 0.221. The van der Waals surface area contributed by atoms with Crippen molar-refractivity contribution in [3.63, 3.8) is 0 Å². The average molecular weight is 222 g/mol. The Balaban J connectivity index is 3.53. The molecule has 0 aliphatic rings. The van der Waals surface area contributed by atoms with Crippen LogP contribution < -0.4 is 0 Å². The molecule has 0 radical (unpaired) electrons. The minimum atomic E-state index is -0.221. The fourth-order valence-electron chi connectivity index (χ4n) is 1.01.